The normalized spacial score (nSPS) is 10.4. The lowest BCUT2D eigenvalue weighted by Gasteiger charge is -2.09. The first-order valence-corrected chi connectivity index (χ1v) is 10.2. The molecule has 0 unspecified atom stereocenters. The van der Waals surface area contributed by atoms with Crippen LogP contribution in [-0.4, -0.2) is 24.7 Å². The molecule has 8 heteroatoms. The fourth-order valence-electron chi connectivity index (χ4n) is 2.57. The molecule has 0 atom stereocenters. The first-order chi connectivity index (χ1) is 14.5. The van der Waals surface area contributed by atoms with E-state index in [0.29, 0.717) is 22.1 Å². The first kappa shape index (κ1) is 21.7. The van der Waals surface area contributed by atoms with E-state index in [0.717, 1.165) is 4.90 Å². The van der Waals surface area contributed by atoms with E-state index < -0.39 is 11.7 Å². The van der Waals surface area contributed by atoms with Crippen LogP contribution in [0.5, 0.6) is 5.75 Å². The lowest BCUT2D eigenvalue weighted by molar-refractivity contribution is -0.113. The third-order valence-electron chi connectivity index (χ3n) is 4.04. The average Bonchev–Trinajstić information content (AvgIpc) is 2.73. The van der Waals surface area contributed by atoms with Crippen LogP contribution in [0.3, 0.4) is 0 Å². The lowest BCUT2D eigenvalue weighted by Crippen LogP contribution is -2.14. The molecular weight excluding hydrogens is 427 g/mol. The Labute approximate surface area is 182 Å². The summed E-state index contributed by atoms with van der Waals surface area (Å²) >= 11 is 7.40. The number of thioether (sulfide) groups is 1. The Morgan fingerprint density at radius 3 is 2.37 bits per heavy atom. The zero-order chi connectivity index (χ0) is 21.5. The van der Waals surface area contributed by atoms with Crippen LogP contribution in [0.25, 0.3) is 0 Å². The number of carbonyl (C=O) groups is 2. The summed E-state index contributed by atoms with van der Waals surface area (Å²) in [4.78, 5) is 25.1. The van der Waals surface area contributed by atoms with Crippen LogP contribution in [0, 0.1) is 5.82 Å². The summed E-state index contributed by atoms with van der Waals surface area (Å²) in [7, 11) is 1.52. The zero-order valence-corrected chi connectivity index (χ0v) is 17.5. The molecule has 2 N–H and O–H groups in total. The molecule has 0 aliphatic carbocycles. The van der Waals surface area contributed by atoms with E-state index in [1.165, 1.54) is 37.1 Å². The van der Waals surface area contributed by atoms with E-state index in [1.807, 2.05) is 0 Å². The minimum Gasteiger partial charge on any atom is -0.495 e. The van der Waals surface area contributed by atoms with Crippen molar-refractivity contribution in [1.29, 1.82) is 0 Å². The Balaban J connectivity index is 1.52. The Morgan fingerprint density at radius 1 is 1.00 bits per heavy atom. The number of halogens is 2. The molecule has 0 bridgehead atoms. The van der Waals surface area contributed by atoms with E-state index in [1.54, 1.807) is 48.5 Å². The molecule has 0 spiro atoms. The van der Waals surface area contributed by atoms with Crippen molar-refractivity contribution in [1.82, 2.24) is 0 Å². The smallest absolute Gasteiger partial charge is 0.258 e. The van der Waals surface area contributed by atoms with Crippen molar-refractivity contribution in [3.05, 3.63) is 83.1 Å². The summed E-state index contributed by atoms with van der Waals surface area (Å²) < 4.78 is 18.8. The van der Waals surface area contributed by atoms with Gasteiger partial charge in [0.2, 0.25) is 5.91 Å². The number of rotatable bonds is 7. The molecule has 5 nitrogen and oxygen atoms in total. The molecule has 30 heavy (non-hydrogen) atoms. The van der Waals surface area contributed by atoms with Crippen LogP contribution in [0.4, 0.5) is 15.8 Å². The van der Waals surface area contributed by atoms with Gasteiger partial charge in [0, 0.05) is 16.3 Å². The van der Waals surface area contributed by atoms with E-state index >= 15 is 0 Å². The lowest BCUT2D eigenvalue weighted by atomic mass is 10.2. The summed E-state index contributed by atoms with van der Waals surface area (Å²) in [6.45, 7) is 0. The quantitative estimate of drug-likeness (QED) is 0.474. The van der Waals surface area contributed by atoms with Gasteiger partial charge < -0.3 is 15.4 Å². The van der Waals surface area contributed by atoms with Crippen molar-refractivity contribution in [2.24, 2.45) is 0 Å². The number of benzene rings is 3. The van der Waals surface area contributed by atoms with E-state index in [-0.39, 0.29) is 17.2 Å². The van der Waals surface area contributed by atoms with Crippen LogP contribution in [-0.2, 0) is 4.79 Å². The molecule has 3 aromatic carbocycles. The molecule has 0 aliphatic rings. The van der Waals surface area contributed by atoms with E-state index in [9.17, 15) is 14.0 Å². The van der Waals surface area contributed by atoms with E-state index in [4.69, 9.17) is 16.3 Å². The van der Waals surface area contributed by atoms with Gasteiger partial charge in [-0.2, -0.15) is 0 Å². The van der Waals surface area contributed by atoms with Crippen molar-refractivity contribution < 1.29 is 18.7 Å². The third kappa shape index (κ3) is 5.75. The van der Waals surface area contributed by atoms with Gasteiger partial charge in [0.1, 0.15) is 11.6 Å². The molecule has 154 valence electrons. The zero-order valence-electron chi connectivity index (χ0n) is 15.9. The van der Waals surface area contributed by atoms with E-state index in [2.05, 4.69) is 10.6 Å². The maximum Gasteiger partial charge on any atom is 0.258 e. The predicted molar refractivity (Wildman–Crippen MR) is 118 cm³/mol. The summed E-state index contributed by atoms with van der Waals surface area (Å²) in [6.07, 6.45) is 0. The minimum absolute atomic E-state index is 0.0220. The fraction of sp³-hybridized carbons (Fsp3) is 0.0909. The van der Waals surface area contributed by atoms with Crippen LogP contribution >= 0.6 is 23.4 Å². The topological polar surface area (TPSA) is 67.4 Å². The number of nitrogens with one attached hydrogen (secondary N) is 2. The van der Waals surface area contributed by atoms with Crippen LogP contribution in [0.1, 0.15) is 10.4 Å². The summed E-state index contributed by atoms with van der Waals surface area (Å²) in [5.41, 5.74) is 1.09. The molecule has 0 aliphatic heterocycles. The largest absolute Gasteiger partial charge is 0.495 e. The molecule has 0 radical (unpaired) electrons. The molecule has 0 fully saturated rings. The van der Waals surface area contributed by atoms with Gasteiger partial charge in [-0.15, -0.1) is 11.8 Å². The number of methoxy groups -OCH3 is 1. The summed E-state index contributed by atoms with van der Waals surface area (Å²) in [5, 5.41) is 5.83. The van der Waals surface area contributed by atoms with Gasteiger partial charge in [0.05, 0.1) is 23.4 Å². The first-order valence-electron chi connectivity index (χ1n) is 8.88. The fourth-order valence-corrected chi connectivity index (χ4v) is 3.52. The molecule has 3 rings (SSSR count). The van der Waals surface area contributed by atoms with Gasteiger partial charge in [0.25, 0.3) is 5.91 Å². The predicted octanol–water partition coefficient (Wildman–Crippen LogP) is 5.47. The highest BCUT2D eigenvalue weighted by Gasteiger charge is 2.11. The number of anilines is 2. The van der Waals surface area contributed by atoms with Gasteiger partial charge >= 0.3 is 0 Å². The highest BCUT2D eigenvalue weighted by atomic mass is 35.5. The molecular formula is C22H18ClFN2O3S. The van der Waals surface area contributed by atoms with Gasteiger partial charge in [-0.25, -0.2) is 4.39 Å². The third-order valence-corrected chi connectivity index (χ3v) is 5.34. The number of amides is 2. The summed E-state index contributed by atoms with van der Waals surface area (Å²) in [6, 6.07) is 17.7. The highest BCUT2D eigenvalue weighted by Crippen LogP contribution is 2.27. The van der Waals surface area contributed by atoms with Crippen molar-refractivity contribution >= 4 is 46.6 Å². The maximum atomic E-state index is 13.7. The molecule has 0 heterocycles. The average molecular weight is 445 g/mol. The van der Waals surface area contributed by atoms with Crippen LogP contribution < -0.4 is 15.4 Å². The second-order valence-corrected chi connectivity index (χ2v) is 7.60. The number of carbonyl (C=O) groups excluding carboxylic acids is 2. The number of hydrogen-bond acceptors (Lipinski definition) is 4. The Kier molecular flexibility index (Phi) is 7.32. The second-order valence-electron chi connectivity index (χ2n) is 6.14. The molecule has 2 amide bonds. The van der Waals surface area contributed by atoms with Gasteiger partial charge in [0.15, 0.2) is 0 Å². The minimum atomic E-state index is -0.577. The maximum absolute atomic E-state index is 13.7. The monoisotopic (exact) mass is 444 g/mol. The number of hydrogen-bond donors (Lipinski definition) is 2. The van der Waals surface area contributed by atoms with Crippen LogP contribution in [0.2, 0.25) is 5.02 Å². The van der Waals surface area contributed by atoms with Gasteiger partial charge in [-0.05, 0) is 54.6 Å². The second kappa shape index (κ2) is 10.1. The Bertz CT molecular complexity index is 1060. The highest BCUT2D eigenvalue weighted by molar-refractivity contribution is 8.00. The molecule has 0 saturated heterocycles. The van der Waals surface area contributed by atoms with Crippen molar-refractivity contribution in [2.45, 2.75) is 4.90 Å². The van der Waals surface area contributed by atoms with Crippen LogP contribution in [0.15, 0.2) is 71.6 Å². The molecule has 0 aromatic heterocycles. The standard InChI is InChI=1S/C22H18ClFN2O3S/c1-29-20-11-8-15(12-18(20)23)25-21(27)13-30-16-9-6-14(7-10-16)26-22(28)17-4-2-3-5-19(17)24/h2-12H,13H2,1H3,(H,25,27)(H,26,28). The Hall–Kier alpha value is -3.03. The van der Waals surface area contributed by atoms with Gasteiger partial charge in [-0.1, -0.05) is 23.7 Å². The van der Waals surface area contributed by atoms with Crippen molar-refractivity contribution in [3.8, 4) is 5.75 Å². The van der Waals surface area contributed by atoms with Gasteiger partial charge in [-0.3, -0.25) is 9.59 Å². The summed E-state index contributed by atoms with van der Waals surface area (Å²) in [5.74, 6) is -0.549. The van der Waals surface area contributed by atoms with Crippen molar-refractivity contribution in [3.63, 3.8) is 0 Å². The molecule has 3 aromatic rings. The SMILES string of the molecule is COc1ccc(NC(=O)CSc2ccc(NC(=O)c3ccccc3F)cc2)cc1Cl. The molecule has 0 saturated carbocycles. The van der Waals surface area contributed by atoms with Crippen molar-refractivity contribution in [2.75, 3.05) is 23.5 Å². The Morgan fingerprint density at radius 2 is 1.70 bits per heavy atom. The number of ether oxygens (including phenoxy) is 1.